The Morgan fingerprint density at radius 2 is 1.52 bits per heavy atom. The van der Waals surface area contributed by atoms with Crippen molar-refractivity contribution in [2.24, 2.45) is 0 Å². The van der Waals surface area contributed by atoms with Crippen molar-refractivity contribution in [3.8, 4) is 23.0 Å². The summed E-state index contributed by atoms with van der Waals surface area (Å²) in [6.07, 6.45) is 0. The minimum Gasteiger partial charge on any atom is -0.507 e. The van der Waals surface area contributed by atoms with Crippen molar-refractivity contribution in [1.82, 2.24) is 0 Å². The van der Waals surface area contributed by atoms with E-state index in [1.54, 1.807) is 13.2 Å². The van der Waals surface area contributed by atoms with Gasteiger partial charge in [-0.15, -0.1) is 5.54 Å². The molecule has 0 saturated carbocycles. The number of rotatable bonds is 4. The fraction of sp³-hybridized carbons (Fsp3) is 0.455. The maximum atomic E-state index is 10.4. The molecule has 0 bridgehead atoms. The van der Waals surface area contributed by atoms with Crippen LogP contribution < -0.4 is 4.74 Å². The van der Waals surface area contributed by atoms with Gasteiger partial charge in [-0.25, -0.2) is 0 Å². The first-order valence-electron chi connectivity index (χ1n) is 9.07. The van der Waals surface area contributed by atoms with Gasteiger partial charge < -0.3 is 9.84 Å². The number of fused-ring (bicyclic) bond motifs is 1. The van der Waals surface area contributed by atoms with Gasteiger partial charge >= 0.3 is 0 Å². The summed E-state index contributed by atoms with van der Waals surface area (Å²) in [7, 11) is -0.160. The molecule has 2 nitrogen and oxygen atoms in total. The average molecular weight is 355 g/mol. The lowest BCUT2D eigenvalue weighted by Crippen LogP contribution is -2.43. The largest absolute Gasteiger partial charge is 0.507 e. The normalized spacial score (nSPS) is 11.9. The van der Waals surface area contributed by atoms with Gasteiger partial charge in [0.1, 0.15) is 19.6 Å². The molecule has 2 aromatic rings. The van der Waals surface area contributed by atoms with Crippen molar-refractivity contribution in [2.45, 2.75) is 58.2 Å². The van der Waals surface area contributed by atoms with E-state index in [-0.39, 0.29) is 5.75 Å². The third kappa shape index (κ3) is 3.41. The number of hydrogen-bond donors (Lipinski definition) is 1. The Bertz CT molecular complexity index is 788. The lowest BCUT2D eigenvalue weighted by atomic mass is 10.0. The molecule has 0 heterocycles. The Hall–Kier alpha value is -1.92. The zero-order valence-electron chi connectivity index (χ0n) is 16.5. The SMILES string of the molecule is COc1ccc(C#C[Si](C(C)C)(C(C)C)C(C)C)c2c(O)cccc12. The second kappa shape index (κ2) is 7.54. The van der Waals surface area contributed by atoms with Gasteiger partial charge in [0.15, 0.2) is 0 Å². The van der Waals surface area contributed by atoms with Gasteiger partial charge in [-0.2, -0.15) is 0 Å². The van der Waals surface area contributed by atoms with Crippen LogP contribution in [0.4, 0.5) is 0 Å². The maximum Gasteiger partial charge on any atom is 0.146 e. The number of hydrogen-bond acceptors (Lipinski definition) is 2. The number of methoxy groups -OCH3 is 1. The molecule has 1 N–H and O–H groups in total. The zero-order valence-corrected chi connectivity index (χ0v) is 17.5. The van der Waals surface area contributed by atoms with Crippen molar-refractivity contribution < 1.29 is 9.84 Å². The number of phenols is 1. The Labute approximate surface area is 153 Å². The number of phenolic OH excluding ortho intramolecular Hbond substituents is 1. The van der Waals surface area contributed by atoms with E-state index in [1.165, 1.54) is 0 Å². The second-order valence-corrected chi connectivity index (χ2v) is 13.2. The van der Waals surface area contributed by atoms with Crippen molar-refractivity contribution >= 4 is 18.8 Å². The molecule has 25 heavy (non-hydrogen) atoms. The van der Waals surface area contributed by atoms with E-state index in [0.29, 0.717) is 16.6 Å². The lowest BCUT2D eigenvalue weighted by Gasteiger charge is -2.38. The molecule has 0 atom stereocenters. The minimum absolute atomic E-state index is 0.256. The van der Waals surface area contributed by atoms with Crippen LogP contribution in [0.25, 0.3) is 10.8 Å². The average Bonchev–Trinajstić information content (AvgIpc) is 2.54. The van der Waals surface area contributed by atoms with Gasteiger partial charge in [0.2, 0.25) is 0 Å². The van der Waals surface area contributed by atoms with Gasteiger partial charge in [-0.05, 0) is 34.8 Å². The monoisotopic (exact) mass is 354 g/mol. The van der Waals surface area contributed by atoms with Crippen LogP contribution in [0, 0.1) is 11.5 Å². The minimum atomic E-state index is -1.81. The highest BCUT2D eigenvalue weighted by Crippen LogP contribution is 2.41. The van der Waals surface area contributed by atoms with E-state index in [1.807, 2.05) is 24.3 Å². The Morgan fingerprint density at radius 1 is 0.920 bits per heavy atom. The fourth-order valence-corrected chi connectivity index (χ4v) is 9.47. The summed E-state index contributed by atoms with van der Waals surface area (Å²) in [4.78, 5) is 0. The van der Waals surface area contributed by atoms with Crippen molar-refractivity contribution in [3.05, 3.63) is 35.9 Å². The third-order valence-corrected chi connectivity index (χ3v) is 11.8. The van der Waals surface area contributed by atoms with E-state index in [0.717, 1.165) is 22.1 Å². The molecule has 0 aliphatic rings. The summed E-state index contributed by atoms with van der Waals surface area (Å²) in [5, 5.41) is 12.1. The van der Waals surface area contributed by atoms with Crippen LogP contribution >= 0.6 is 0 Å². The molecule has 0 radical (unpaired) electrons. The summed E-state index contributed by atoms with van der Waals surface area (Å²) >= 11 is 0. The predicted octanol–water partition coefficient (Wildman–Crippen LogP) is 6.12. The first-order chi connectivity index (χ1) is 11.8. The zero-order chi connectivity index (χ0) is 18.8. The molecule has 3 heteroatoms. The summed E-state index contributed by atoms with van der Waals surface area (Å²) in [6, 6.07) is 9.43. The van der Waals surface area contributed by atoms with Crippen molar-refractivity contribution in [1.29, 1.82) is 0 Å². The molecule has 0 aromatic heterocycles. The van der Waals surface area contributed by atoms with E-state index < -0.39 is 8.07 Å². The van der Waals surface area contributed by atoms with Gasteiger partial charge in [0, 0.05) is 16.3 Å². The highest BCUT2D eigenvalue weighted by atomic mass is 28.3. The molecule has 2 aromatic carbocycles. The lowest BCUT2D eigenvalue weighted by molar-refractivity contribution is 0.419. The first kappa shape index (κ1) is 19.4. The molecule has 134 valence electrons. The Balaban J connectivity index is 2.72. The topological polar surface area (TPSA) is 29.5 Å². The molecule has 0 spiro atoms. The Kier molecular flexibility index (Phi) is 5.85. The van der Waals surface area contributed by atoms with Crippen LogP contribution in [-0.4, -0.2) is 20.3 Å². The van der Waals surface area contributed by atoms with Gasteiger partial charge in [-0.3, -0.25) is 0 Å². The standard InChI is InChI=1S/C22H30O2Si/c1-15(2)25(16(3)4,17(5)6)14-13-18-11-12-21(24-7)19-9-8-10-20(23)22(18)19/h8-12,15-17,23H,1-7H3. The molecule has 0 aliphatic heterocycles. The van der Waals surface area contributed by atoms with Crippen molar-refractivity contribution in [3.63, 3.8) is 0 Å². The van der Waals surface area contributed by atoms with Gasteiger partial charge in [-0.1, -0.05) is 59.6 Å². The fourth-order valence-electron chi connectivity index (χ4n) is 4.25. The van der Waals surface area contributed by atoms with Crippen LogP contribution in [0.15, 0.2) is 30.3 Å². The summed E-state index contributed by atoms with van der Waals surface area (Å²) in [5.74, 6) is 4.48. The molecule has 0 aliphatic carbocycles. The molecule has 2 rings (SSSR count). The second-order valence-electron chi connectivity index (χ2n) is 7.66. The number of benzene rings is 2. The van der Waals surface area contributed by atoms with E-state index in [4.69, 9.17) is 4.74 Å². The maximum absolute atomic E-state index is 10.4. The quantitative estimate of drug-likeness (QED) is 0.529. The Morgan fingerprint density at radius 3 is 2.04 bits per heavy atom. The molecule has 0 fully saturated rings. The van der Waals surface area contributed by atoms with E-state index in [2.05, 4.69) is 53.0 Å². The highest BCUT2D eigenvalue weighted by molar-refractivity contribution is 6.90. The van der Waals surface area contributed by atoms with Gasteiger partial charge in [0.25, 0.3) is 0 Å². The molecule has 0 unspecified atom stereocenters. The molecule has 0 amide bonds. The molecular weight excluding hydrogens is 324 g/mol. The molecule has 0 saturated heterocycles. The van der Waals surface area contributed by atoms with E-state index in [9.17, 15) is 5.11 Å². The number of aromatic hydroxyl groups is 1. The highest BCUT2D eigenvalue weighted by Gasteiger charge is 2.41. The van der Waals surface area contributed by atoms with Crippen LogP contribution in [-0.2, 0) is 0 Å². The van der Waals surface area contributed by atoms with Crippen LogP contribution in [0.2, 0.25) is 16.6 Å². The summed E-state index contributed by atoms with van der Waals surface area (Å²) in [6.45, 7) is 13.9. The predicted molar refractivity (Wildman–Crippen MR) is 110 cm³/mol. The van der Waals surface area contributed by atoms with Gasteiger partial charge in [0.05, 0.1) is 7.11 Å². The first-order valence-corrected chi connectivity index (χ1v) is 11.3. The summed E-state index contributed by atoms with van der Waals surface area (Å²) < 4.78 is 5.45. The van der Waals surface area contributed by atoms with E-state index >= 15 is 0 Å². The number of ether oxygens (including phenoxy) is 1. The summed E-state index contributed by atoms with van der Waals surface area (Å²) in [5.41, 5.74) is 6.37. The molecular formula is C22H30O2Si. The van der Waals surface area contributed by atoms with Crippen LogP contribution in [0.5, 0.6) is 11.5 Å². The van der Waals surface area contributed by atoms with Crippen LogP contribution in [0.3, 0.4) is 0 Å². The third-order valence-electron chi connectivity index (χ3n) is 5.48. The smallest absolute Gasteiger partial charge is 0.146 e. The van der Waals surface area contributed by atoms with Crippen LogP contribution in [0.1, 0.15) is 47.1 Å². The van der Waals surface area contributed by atoms with Crippen molar-refractivity contribution in [2.75, 3.05) is 7.11 Å².